The standard InChI is InChI=1S/C13H14ClN3O/c1-17-7-9(11-13(18)16-6-5-15-11)8-3-2-4-10(14)12(8)17/h2-4,7,11,15H,5-6H2,1H3,(H,16,18). The van der Waals surface area contributed by atoms with Crippen molar-refractivity contribution in [2.45, 2.75) is 6.04 Å². The molecule has 1 atom stereocenters. The number of hydrogen-bond donors (Lipinski definition) is 2. The number of halogens is 1. The molecule has 1 aromatic heterocycles. The number of rotatable bonds is 1. The minimum absolute atomic E-state index is 0.0220. The number of benzene rings is 1. The molecule has 0 aliphatic carbocycles. The summed E-state index contributed by atoms with van der Waals surface area (Å²) in [6.45, 7) is 1.47. The van der Waals surface area contributed by atoms with Crippen molar-refractivity contribution < 1.29 is 4.79 Å². The van der Waals surface area contributed by atoms with Gasteiger partial charge in [-0.1, -0.05) is 23.7 Å². The van der Waals surface area contributed by atoms with E-state index in [0.717, 1.165) is 23.0 Å². The number of carbonyl (C=O) groups excluding carboxylic acids is 1. The van der Waals surface area contributed by atoms with Crippen molar-refractivity contribution in [2.24, 2.45) is 7.05 Å². The first-order chi connectivity index (χ1) is 8.68. The molecule has 1 saturated heterocycles. The van der Waals surface area contributed by atoms with Gasteiger partial charge in [-0.2, -0.15) is 0 Å². The maximum atomic E-state index is 11.9. The summed E-state index contributed by atoms with van der Waals surface area (Å²) in [5.41, 5.74) is 1.95. The Balaban J connectivity index is 2.18. The molecule has 1 aliphatic rings. The molecule has 2 heterocycles. The highest BCUT2D eigenvalue weighted by molar-refractivity contribution is 6.35. The number of aromatic nitrogens is 1. The fourth-order valence-corrected chi connectivity index (χ4v) is 2.84. The van der Waals surface area contributed by atoms with Crippen LogP contribution in [-0.4, -0.2) is 23.6 Å². The van der Waals surface area contributed by atoms with Gasteiger partial charge >= 0.3 is 0 Å². The lowest BCUT2D eigenvalue weighted by molar-refractivity contribution is -0.124. The van der Waals surface area contributed by atoms with Crippen LogP contribution in [0.1, 0.15) is 11.6 Å². The van der Waals surface area contributed by atoms with Crippen LogP contribution in [0.3, 0.4) is 0 Å². The summed E-state index contributed by atoms with van der Waals surface area (Å²) < 4.78 is 1.97. The van der Waals surface area contributed by atoms with Gasteiger partial charge in [0.15, 0.2) is 0 Å². The first-order valence-electron chi connectivity index (χ1n) is 5.93. The molecule has 0 bridgehead atoms. The molecule has 1 aliphatic heterocycles. The molecule has 1 fully saturated rings. The van der Waals surface area contributed by atoms with Gasteiger partial charge in [-0.05, 0) is 6.07 Å². The van der Waals surface area contributed by atoms with E-state index in [1.807, 2.05) is 36.0 Å². The molecule has 0 radical (unpaired) electrons. The number of para-hydroxylation sites is 1. The second kappa shape index (κ2) is 4.30. The third-order valence-corrected chi connectivity index (χ3v) is 3.63. The van der Waals surface area contributed by atoms with E-state index in [1.54, 1.807) is 0 Å². The highest BCUT2D eigenvalue weighted by atomic mass is 35.5. The molecule has 1 aromatic carbocycles. The molecule has 94 valence electrons. The van der Waals surface area contributed by atoms with Gasteiger partial charge in [-0.25, -0.2) is 0 Å². The first-order valence-corrected chi connectivity index (χ1v) is 6.31. The number of piperazine rings is 1. The smallest absolute Gasteiger partial charge is 0.241 e. The second-order valence-electron chi connectivity index (χ2n) is 4.51. The Morgan fingerprint density at radius 2 is 2.22 bits per heavy atom. The molecule has 4 nitrogen and oxygen atoms in total. The molecule has 5 heteroatoms. The van der Waals surface area contributed by atoms with Crippen LogP contribution in [0, 0.1) is 0 Å². The van der Waals surface area contributed by atoms with E-state index in [4.69, 9.17) is 11.6 Å². The SMILES string of the molecule is Cn1cc(C2NCCNC2=O)c2cccc(Cl)c21. The number of hydrogen-bond acceptors (Lipinski definition) is 2. The van der Waals surface area contributed by atoms with Crippen LogP contribution in [0.4, 0.5) is 0 Å². The third kappa shape index (κ3) is 1.69. The molecule has 2 aromatic rings. The summed E-state index contributed by atoms with van der Waals surface area (Å²) in [4.78, 5) is 11.9. The van der Waals surface area contributed by atoms with Gasteiger partial charge in [0.2, 0.25) is 5.91 Å². The van der Waals surface area contributed by atoms with Crippen molar-refractivity contribution in [3.05, 3.63) is 35.0 Å². The number of aryl methyl sites for hydroxylation is 1. The summed E-state index contributed by atoms with van der Waals surface area (Å²) in [5.74, 6) is 0.0220. The number of nitrogens with zero attached hydrogens (tertiary/aromatic N) is 1. The lowest BCUT2D eigenvalue weighted by Crippen LogP contribution is -2.47. The van der Waals surface area contributed by atoms with E-state index >= 15 is 0 Å². The van der Waals surface area contributed by atoms with E-state index in [9.17, 15) is 4.79 Å². The Hall–Kier alpha value is -1.52. The molecular formula is C13H14ClN3O. The van der Waals surface area contributed by atoms with Crippen molar-refractivity contribution in [3.8, 4) is 0 Å². The van der Waals surface area contributed by atoms with Crippen LogP contribution in [0.25, 0.3) is 10.9 Å². The van der Waals surface area contributed by atoms with Crippen LogP contribution in [0.15, 0.2) is 24.4 Å². The molecule has 3 rings (SSSR count). The van der Waals surface area contributed by atoms with Crippen LogP contribution >= 0.6 is 11.6 Å². The van der Waals surface area contributed by atoms with Crippen LogP contribution in [0.2, 0.25) is 5.02 Å². The molecule has 1 unspecified atom stereocenters. The Kier molecular flexibility index (Phi) is 2.76. The highest BCUT2D eigenvalue weighted by Crippen LogP contribution is 2.31. The number of fused-ring (bicyclic) bond motifs is 1. The monoisotopic (exact) mass is 263 g/mol. The maximum absolute atomic E-state index is 11.9. The van der Waals surface area contributed by atoms with Gasteiger partial charge in [0.1, 0.15) is 6.04 Å². The average Bonchev–Trinajstić information content (AvgIpc) is 2.69. The topological polar surface area (TPSA) is 46.1 Å². The maximum Gasteiger partial charge on any atom is 0.241 e. The summed E-state index contributed by atoms with van der Waals surface area (Å²) in [6.07, 6.45) is 1.97. The van der Waals surface area contributed by atoms with Crippen molar-refractivity contribution in [1.29, 1.82) is 0 Å². The van der Waals surface area contributed by atoms with Gasteiger partial charge in [-0.3, -0.25) is 4.79 Å². The normalized spacial score (nSPS) is 20.1. The average molecular weight is 264 g/mol. The Bertz CT molecular complexity index is 620. The summed E-state index contributed by atoms with van der Waals surface area (Å²) in [5, 5.41) is 7.85. The lowest BCUT2D eigenvalue weighted by Gasteiger charge is -2.23. The molecule has 1 amide bonds. The van der Waals surface area contributed by atoms with Crippen LogP contribution in [-0.2, 0) is 11.8 Å². The van der Waals surface area contributed by atoms with Crippen molar-refractivity contribution in [2.75, 3.05) is 13.1 Å². The van der Waals surface area contributed by atoms with Gasteiger partial charge < -0.3 is 15.2 Å². The summed E-state index contributed by atoms with van der Waals surface area (Å²) in [6, 6.07) is 5.48. The molecule has 0 saturated carbocycles. The van der Waals surface area contributed by atoms with Gasteiger partial charge in [0, 0.05) is 37.3 Å². The first kappa shape index (κ1) is 11.6. The van der Waals surface area contributed by atoms with Gasteiger partial charge in [0.05, 0.1) is 10.5 Å². The summed E-state index contributed by atoms with van der Waals surface area (Å²) in [7, 11) is 1.94. The quantitative estimate of drug-likeness (QED) is 0.821. The largest absolute Gasteiger partial charge is 0.353 e. The number of nitrogens with one attached hydrogen (secondary N) is 2. The zero-order chi connectivity index (χ0) is 12.7. The Morgan fingerprint density at radius 3 is 3.00 bits per heavy atom. The minimum Gasteiger partial charge on any atom is -0.353 e. The predicted molar refractivity (Wildman–Crippen MR) is 71.7 cm³/mol. The van der Waals surface area contributed by atoms with Crippen molar-refractivity contribution in [3.63, 3.8) is 0 Å². The van der Waals surface area contributed by atoms with Crippen LogP contribution < -0.4 is 10.6 Å². The van der Waals surface area contributed by atoms with Gasteiger partial charge in [-0.15, -0.1) is 0 Å². The predicted octanol–water partition coefficient (Wildman–Crippen LogP) is 1.59. The van der Waals surface area contributed by atoms with E-state index in [0.29, 0.717) is 11.6 Å². The highest BCUT2D eigenvalue weighted by Gasteiger charge is 2.26. The van der Waals surface area contributed by atoms with E-state index in [-0.39, 0.29) is 11.9 Å². The van der Waals surface area contributed by atoms with Crippen molar-refractivity contribution >= 4 is 28.4 Å². The van der Waals surface area contributed by atoms with E-state index in [1.165, 1.54) is 0 Å². The minimum atomic E-state index is -0.291. The zero-order valence-corrected chi connectivity index (χ0v) is 10.8. The van der Waals surface area contributed by atoms with Crippen molar-refractivity contribution in [1.82, 2.24) is 15.2 Å². The molecule has 2 N–H and O–H groups in total. The number of carbonyl (C=O) groups is 1. The second-order valence-corrected chi connectivity index (χ2v) is 4.92. The molecule has 18 heavy (non-hydrogen) atoms. The number of amides is 1. The van der Waals surface area contributed by atoms with Gasteiger partial charge in [0.25, 0.3) is 0 Å². The summed E-state index contributed by atoms with van der Waals surface area (Å²) >= 11 is 6.21. The third-order valence-electron chi connectivity index (χ3n) is 3.33. The van der Waals surface area contributed by atoms with Crippen LogP contribution in [0.5, 0.6) is 0 Å². The molecule has 0 spiro atoms. The fraction of sp³-hybridized carbons (Fsp3) is 0.308. The van der Waals surface area contributed by atoms with E-state index in [2.05, 4.69) is 10.6 Å². The van der Waals surface area contributed by atoms with E-state index < -0.39 is 0 Å². The Morgan fingerprint density at radius 1 is 1.39 bits per heavy atom. The molecular weight excluding hydrogens is 250 g/mol. The zero-order valence-electron chi connectivity index (χ0n) is 10.0. The fourth-order valence-electron chi connectivity index (χ4n) is 2.53. The lowest BCUT2D eigenvalue weighted by atomic mass is 10.0. The Labute approximate surface area is 110 Å².